The van der Waals surface area contributed by atoms with E-state index in [2.05, 4.69) is 189 Å². The molecule has 758 valence electrons. The molecule has 0 spiro atoms. The first-order valence-corrected chi connectivity index (χ1v) is 49.3. The Hall–Kier alpha value is -6.54. The molecule has 4 aromatic rings. The van der Waals surface area contributed by atoms with Crippen molar-refractivity contribution >= 4 is 39.4 Å². The van der Waals surface area contributed by atoms with E-state index in [1.807, 2.05) is 64.8 Å². The molecule has 1 aromatic carbocycles. The standard InChI is InChI=1S/C98H175N13O20S/c1-87(2,3)34-36-89(7,8)56-78-60-110(107-103-78)66-97(23,24)74-127-68-91(11,12)58-82(114)101-64-95(19,20)72-129-70-93(15,16)62-99-80(112)32-40-119-44-48-123-52-54-125-50-46-121-42-38-109(85(116)77-30-28-76(29-31-77)84-105-106-86(131-84)132(27,117)118)39-43-122-47-51-126-55-53-124-49-45-120-41-33-81(113)100-63-94(17,18)71-130-73-96(21,22)65-102-83(115)59-92(13,14)69-128-75-98(25,26)67-111-61-79(104-108-111)57-90(9,10)37-35-88(4,5)6/h28-31,60-61H,32-59,62-75H2,1-27H3,(H,99,112)(H,100,113)(H,101,114)(H,102,115). The summed E-state index contributed by atoms with van der Waals surface area (Å²) in [6.07, 6.45) is 12.5. The van der Waals surface area contributed by atoms with Gasteiger partial charge in [-0.05, 0) is 95.3 Å². The third-order valence-electron chi connectivity index (χ3n) is 21.6. The number of aromatic nitrogens is 8. The fourth-order valence-electron chi connectivity index (χ4n) is 13.7. The monoisotopic (exact) mass is 1890 g/mol. The maximum absolute atomic E-state index is 13.9. The van der Waals surface area contributed by atoms with E-state index in [9.17, 15) is 32.4 Å². The Morgan fingerprint density at radius 1 is 0.348 bits per heavy atom. The molecule has 4 rings (SSSR count). The predicted octanol–water partition coefficient (Wildman–Crippen LogP) is 13.4. The number of hydrogen-bond acceptors (Lipinski definition) is 26. The van der Waals surface area contributed by atoms with Crippen molar-refractivity contribution in [3.63, 3.8) is 0 Å². The molecule has 3 heterocycles. The highest BCUT2D eigenvalue weighted by Gasteiger charge is 2.34. The Labute approximate surface area is 792 Å². The number of sulfone groups is 1. The SMILES string of the molecule is CC(C)(C)CCC(C)(C)Cc1cn(CC(C)(C)COCC(C)(C)CC(=O)NCC(C)(C)COCC(C)(C)CNC(=O)CCOCCOCCOCCOCCN(CCOCCOCCOCCOCCC(=O)NCC(C)(C)COCC(C)(C)CNC(=O)CC(C)(C)COCC(C)(C)Cn2cc(CC(C)(C)CCC(C)(C)C)nn2)C(=O)c2ccc(-c3nnc(S(C)(=O)=O)o3)cc2)nn1. The van der Waals surface area contributed by atoms with Crippen molar-refractivity contribution in [1.29, 1.82) is 0 Å². The summed E-state index contributed by atoms with van der Waals surface area (Å²) in [5.74, 6) is -0.621. The summed E-state index contributed by atoms with van der Waals surface area (Å²) in [6.45, 7) is 67.8. The normalized spacial score (nSPS) is 13.3. The maximum Gasteiger partial charge on any atom is 0.335 e. The number of hydrogen-bond donors (Lipinski definition) is 4. The first kappa shape index (κ1) is 118. The lowest BCUT2D eigenvalue weighted by molar-refractivity contribution is -0.125. The Morgan fingerprint density at radius 3 is 0.955 bits per heavy atom. The summed E-state index contributed by atoms with van der Waals surface area (Å²) in [6, 6.07) is 6.39. The number of carbonyl (C=O) groups excluding carboxylic acids is 5. The van der Waals surface area contributed by atoms with Crippen LogP contribution in [-0.2, 0) is 112 Å². The lowest BCUT2D eigenvalue weighted by atomic mass is 9.77. The molecule has 0 fully saturated rings. The van der Waals surface area contributed by atoms with Crippen molar-refractivity contribution in [1.82, 2.24) is 66.4 Å². The number of rotatable bonds is 73. The van der Waals surface area contributed by atoms with Crippen molar-refractivity contribution in [3.05, 3.63) is 53.6 Å². The topological polar surface area (TPSA) is 382 Å². The van der Waals surface area contributed by atoms with Gasteiger partial charge in [0.25, 0.3) is 5.91 Å². The zero-order valence-corrected chi connectivity index (χ0v) is 87.1. The molecule has 0 aliphatic rings. The molecule has 0 bridgehead atoms. The summed E-state index contributed by atoms with van der Waals surface area (Å²) in [5.41, 5.74) is 1.23. The van der Waals surface area contributed by atoms with Crippen LogP contribution in [0.4, 0.5) is 0 Å². The summed E-state index contributed by atoms with van der Waals surface area (Å²) in [5, 5.41) is 37.1. The van der Waals surface area contributed by atoms with Crippen molar-refractivity contribution < 1.29 is 93.6 Å². The maximum atomic E-state index is 13.9. The van der Waals surface area contributed by atoms with E-state index >= 15 is 0 Å². The van der Waals surface area contributed by atoms with Gasteiger partial charge in [-0.2, -0.15) is 0 Å². The zero-order chi connectivity index (χ0) is 98.8. The number of carbonyl (C=O) groups is 5. The second-order valence-corrected chi connectivity index (χ2v) is 48.2. The number of nitrogens with zero attached hydrogens (tertiary/aromatic N) is 9. The molecule has 5 amide bonds. The van der Waals surface area contributed by atoms with Crippen LogP contribution < -0.4 is 21.3 Å². The van der Waals surface area contributed by atoms with Crippen molar-refractivity contribution in [2.75, 3.05) is 204 Å². The summed E-state index contributed by atoms with van der Waals surface area (Å²) in [7, 11) is -3.71. The third-order valence-corrected chi connectivity index (χ3v) is 22.4. The highest BCUT2D eigenvalue weighted by molar-refractivity contribution is 7.90. The van der Waals surface area contributed by atoms with Crippen molar-refractivity contribution in [3.8, 4) is 11.5 Å². The van der Waals surface area contributed by atoms with Crippen molar-refractivity contribution in [2.45, 2.75) is 263 Å². The van der Waals surface area contributed by atoms with Crippen molar-refractivity contribution in [2.24, 2.45) is 65.0 Å². The van der Waals surface area contributed by atoms with E-state index in [-0.39, 0.29) is 155 Å². The molecule has 0 unspecified atom stereocenters. The van der Waals surface area contributed by atoms with Gasteiger partial charge in [-0.15, -0.1) is 15.3 Å². The molecule has 0 aliphatic heterocycles. The van der Waals surface area contributed by atoms with Crippen LogP contribution in [0.3, 0.4) is 0 Å². The van der Waals surface area contributed by atoms with E-state index in [0.29, 0.717) is 193 Å². The van der Waals surface area contributed by atoms with Crippen LogP contribution in [0, 0.1) is 65.0 Å². The Bertz CT molecular complexity index is 3890. The molecule has 0 atom stereocenters. The van der Waals surface area contributed by atoms with Crippen LogP contribution in [0.5, 0.6) is 0 Å². The number of benzene rings is 1. The van der Waals surface area contributed by atoms with Gasteiger partial charge in [0, 0.05) is 140 Å². The second kappa shape index (κ2) is 55.8. The summed E-state index contributed by atoms with van der Waals surface area (Å²) >= 11 is 0. The molecular weight excluding hydrogens is 1710 g/mol. The van der Waals surface area contributed by atoms with E-state index in [4.69, 9.17) is 61.3 Å². The minimum atomic E-state index is -3.71. The van der Waals surface area contributed by atoms with Crippen LogP contribution in [0.15, 0.2) is 46.3 Å². The molecule has 3 aromatic heterocycles. The lowest BCUT2D eigenvalue weighted by Gasteiger charge is -2.31. The van der Waals surface area contributed by atoms with Gasteiger partial charge < -0.3 is 87.4 Å². The second-order valence-electron chi connectivity index (χ2n) is 46.3. The molecule has 0 aliphatic carbocycles. The molecule has 33 nitrogen and oxygen atoms in total. The average Bonchev–Trinajstić information content (AvgIpc) is 1.64. The quantitative estimate of drug-likeness (QED) is 0.0298. The van der Waals surface area contributed by atoms with Gasteiger partial charge in [-0.1, -0.05) is 196 Å². The summed E-state index contributed by atoms with van der Waals surface area (Å²) < 4.78 is 104. The molecule has 0 saturated carbocycles. The van der Waals surface area contributed by atoms with Crippen LogP contribution in [0.2, 0.25) is 0 Å². The van der Waals surface area contributed by atoms with Gasteiger partial charge in [0.1, 0.15) is 0 Å². The number of ether oxygens (including phenoxy) is 12. The van der Waals surface area contributed by atoms with Gasteiger partial charge in [-0.3, -0.25) is 33.3 Å². The summed E-state index contributed by atoms with van der Waals surface area (Å²) in [4.78, 5) is 67.4. The Morgan fingerprint density at radius 2 is 0.644 bits per heavy atom. The molecule has 0 radical (unpaired) electrons. The van der Waals surface area contributed by atoms with E-state index in [1.165, 1.54) is 0 Å². The minimum Gasteiger partial charge on any atom is -0.408 e. The minimum absolute atomic E-state index is 0.00488. The first-order chi connectivity index (χ1) is 61.2. The van der Waals surface area contributed by atoms with Gasteiger partial charge in [0.15, 0.2) is 0 Å². The van der Waals surface area contributed by atoms with Crippen LogP contribution in [-0.4, -0.2) is 287 Å². The first-order valence-electron chi connectivity index (χ1n) is 47.4. The molecule has 132 heavy (non-hydrogen) atoms. The van der Waals surface area contributed by atoms with Crippen LogP contribution in [0.25, 0.3) is 11.5 Å². The van der Waals surface area contributed by atoms with Crippen LogP contribution >= 0.6 is 0 Å². The number of amides is 5. The fraction of sp³-hybridized carbons (Fsp3) is 0.827. The number of nitrogens with one attached hydrogen (secondary N) is 4. The largest absolute Gasteiger partial charge is 0.408 e. The Balaban J connectivity index is 1.00. The lowest BCUT2D eigenvalue weighted by Crippen LogP contribution is -2.41. The smallest absolute Gasteiger partial charge is 0.335 e. The molecule has 0 saturated heterocycles. The average molecular weight is 1890 g/mol. The fourth-order valence-corrected chi connectivity index (χ4v) is 14.1. The van der Waals surface area contributed by atoms with Gasteiger partial charge in [-0.25, -0.2) is 8.42 Å². The van der Waals surface area contributed by atoms with E-state index < -0.39 is 15.1 Å². The van der Waals surface area contributed by atoms with Gasteiger partial charge in [0.05, 0.1) is 170 Å². The highest BCUT2D eigenvalue weighted by Crippen LogP contribution is 2.36. The van der Waals surface area contributed by atoms with E-state index in [0.717, 1.165) is 56.2 Å². The zero-order valence-electron chi connectivity index (χ0n) is 86.3. The predicted molar refractivity (Wildman–Crippen MR) is 512 cm³/mol. The van der Waals surface area contributed by atoms with Gasteiger partial charge in [0.2, 0.25) is 39.4 Å². The van der Waals surface area contributed by atoms with Crippen LogP contribution in [0.1, 0.15) is 253 Å². The third kappa shape index (κ3) is 55.6. The van der Waals surface area contributed by atoms with E-state index in [1.54, 1.807) is 29.2 Å². The molecular formula is C98H175N13O20S. The van der Waals surface area contributed by atoms with Gasteiger partial charge >= 0.3 is 5.22 Å². The highest BCUT2D eigenvalue weighted by atomic mass is 32.2. The molecule has 4 N–H and O–H groups in total. The molecule has 34 heteroatoms. The Kier molecular flexibility index (Phi) is 49.7.